The second-order valence-corrected chi connectivity index (χ2v) is 5.06. The molecule has 100 valence electrons. The Kier molecular flexibility index (Phi) is 4.73. The molecular weight excluding hydrogens is 228 g/mol. The summed E-state index contributed by atoms with van der Waals surface area (Å²) in [5, 5.41) is 2.97. The van der Waals surface area contributed by atoms with E-state index in [0.29, 0.717) is 6.54 Å². The molecule has 1 rings (SSSR count). The van der Waals surface area contributed by atoms with Crippen molar-refractivity contribution in [1.29, 1.82) is 0 Å². The fourth-order valence-electron chi connectivity index (χ4n) is 1.46. The van der Waals surface area contributed by atoms with Gasteiger partial charge in [0.15, 0.2) is 0 Å². The second kappa shape index (κ2) is 5.87. The molecule has 0 aliphatic rings. The highest BCUT2D eigenvalue weighted by Crippen LogP contribution is 2.19. The van der Waals surface area contributed by atoms with Gasteiger partial charge in [-0.15, -0.1) is 0 Å². The van der Waals surface area contributed by atoms with Crippen LogP contribution in [-0.4, -0.2) is 19.6 Å². The van der Waals surface area contributed by atoms with Gasteiger partial charge in [0.25, 0.3) is 0 Å². The van der Waals surface area contributed by atoms with E-state index in [2.05, 4.69) is 5.32 Å². The first-order valence-corrected chi connectivity index (χ1v) is 6.05. The molecule has 0 bridgehead atoms. The topological polar surface area (TPSA) is 64.3 Å². The second-order valence-electron chi connectivity index (χ2n) is 5.06. The van der Waals surface area contributed by atoms with E-state index < -0.39 is 5.41 Å². The van der Waals surface area contributed by atoms with Crippen molar-refractivity contribution in [2.45, 2.75) is 26.8 Å². The van der Waals surface area contributed by atoms with E-state index >= 15 is 0 Å². The summed E-state index contributed by atoms with van der Waals surface area (Å²) >= 11 is 0. The summed E-state index contributed by atoms with van der Waals surface area (Å²) in [5.74, 6) is 0.771. The highest BCUT2D eigenvalue weighted by atomic mass is 16.5. The Morgan fingerprint density at radius 1 is 1.39 bits per heavy atom. The number of methoxy groups -OCH3 is 1. The number of benzene rings is 1. The van der Waals surface area contributed by atoms with E-state index in [4.69, 9.17) is 10.5 Å². The fourth-order valence-corrected chi connectivity index (χ4v) is 1.46. The predicted molar refractivity (Wildman–Crippen MR) is 72.4 cm³/mol. The number of rotatable bonds is 5. The molecule has 18 heavy (non-hydrogen) atoms. The third-order valence-electron chi connectivity index (χ3n) is 3.09. The van der Waals surface area contributed by atoms with Crippen molar-refractivity contribution < 1.29 is 9.53 Å². The molecule has 0 fully saturated rings. The Balaban J connectivity index is 2.70. The molecule has 0 radical (unpaired) electrons. The standard InChI is InChI=1S/C14H22N2O2/c1-10(16-13(17)14(2,3)9-15)11-5-7-12(18-4)8-6-11/h5-8,10H,9,15H2,1-4H3,(H,16,17)/t10-/m1/s1. The average molecular weight is 250 g/mol. The van der Waals surface area contributed by atoms with Crippen molar-refractivity contribution >= 4 is 5.91 Å². The maximum atomic E-state index is 12.0. The zero-order chi connectivity index (χ0) is 13.8. The van der Waals surface area contributed by atoms with Crippen LogP contribution in [0.15, 0.2) is 24.3 Å². The molecule has 0 saturated carbocycles. The maximum absolute atomic E-state index is 12.0. The van der Waals surface area contributed by atoms with E-state index in [-0.39, 0.29) is 11.9 Å². The van der Waals surface area contributed by atoms with Gasteiger partial charge >= 0.3 is 0 Å². The number of carbonyl (C=O) groups is 1. The number of nitrogens with one attached hydrogen (secondary N) is 1. The lowest BCUT2D eigenvalue weighted by Gasteiger charge is -2.24. The zero-order valence-electron chi connectivity index (χ0n) is 11.5. The quantitative estimate of drug-likeness (QED) is 0.838. The van der Waals surface area contributed by atoms with Crippen LogP contribution in [0.5, 0.6) is 5.75 Å². The van der Waals surface area contributed by atoms with E-state index in [1.54, 1.807) is 7.11 Å². The van der Waals surface area contributed by atoms with Crippen molar-refractivity contribution in [3.05, 3.63) is 29.8 Å². The maximum Gasteiger partial charge on any atom is 0.227 e. The van der Waals surface area contributed by atoms with Gasteiger partial charge < -0.3 is 15.8 Å². The molecular formula is C14H22N2O2. The van der Waals surface area contributed by atoms with Gasteiger partial charge in [-0.1, -0.05) is 12.1 Å². The highest BCUT2D eigenvalue weighted by Gasteiger charge is 2.26. The molecule has 0 saturated heterocycles. The van der Waals surface area contributed by atoms with Crippen LogP contribution < -0.4 is 15.8 Å². The van der Waals surface area contributed by atoms with Crippen LogP contribution in [0.4, 0.5) is 0 Å². The normalized spacial score (nSPS) is 12.9. The van der Waals surface area contributed by atoms with Crippen molar-refractivity contribution in [2.24, 2.45) is 11.1 Å². The van der Waals surface area contributed by atoms with E-state index in [1.807, 2.05) is 45.0 Å². The van der Waals surface area contributed by atoms with Gasteiger partial charge in [0.05, 0.1) is 18.6 Å². The molecule has 0 heterocycles. The zero-order valence-corrected chi connectivity index (χ0v) is 11.5. The summed E-state index contributed by atoms with van der Waals surface area (Å²) < 4.78 is 5.10. The summed E-state index contributed by atoms with van der Waals surface area (Å²) in [4.78, 5) is 12.0. The number of carbonyl (C=O) groups excluding carboxylic acids is 1. The van der Waals surface area contributed by atoms with Crippen LogP contribution in [0.25, 0.3) is 0 Å². The van der Waals surface area contributed by atoms with E-state index in [1.165, 1.54) is 0 Å². The van der Waals surface area contributed by atoms with Crippen LogP contribution in [0.2, 0.25) is 0 Å². The lowest BCUT2D eigenvalue weighted by atomic mass is 9.92. The predicted octanol–water partition coefficient (Wildman–Crippen LogP) is 1.86. The minimum atomic E-state index is -0.541. The van der Waals surface area contributed by atoms with Gasteiger partial charge in [0.1, 0.15) is 5.75 Å². The minimum absolute atomic E-state index is 0.0340. The minimum Gasteiger partial charge on any atom is -0.497 e. The first-order valence-electron chi connectivity index (χ1n) is 6.05. The van der Waals surface area contributed by atoms with Crippen molar-refractivity contribution in [3.63, 3.8) is 0 Å². The Hall–Kier alpha value is -1.55. The van der Waals surface area contributed by atoms with Gasteiger partial charge in [0, 0.05) is 6.54 Å². The average Bonchev–Trinajstić information content (AvgIpc) is 2.38. The first-order chi connectivity index (χ1) is 8.40. The Bertz CT molecular complexity index is 399. The number of ether oxygens (including phenoxy) is 1. The number of amides is 1. The summed E-state index contributed by atoms with van der Waals surface area (Å²) in [6.45, 7) is 5.95. The Labute approximate surface area is 109 Å². The number of hydrogen-bond donors (Lipinski definition) is 2. The molecule has 1 amide bonds. The van der Waals surface area contributed by atoms with Crippen molar-refractivity contribution in [1.82, 2.24) is 5.32 Å². The van der Waals surface area contributed by atoms with Gasteiger partial charge in [0.2, 0.25) is 5.91 Å². The molecule has 1 aromatic carbocycles. The van der Waals surface area contributed by atoms with Crippen molar-refractivity contribution in [2.75, 3.05) is 13.7 Å². The molecule has 0 aliphatic carbocycles. The molecule has 3 N–H and O–H groups in total. The fraction of sp³-hybridized carbons (Fsp3) is 0.500. The Morgan fingerprint density at radius 2 is 1.94 bits per heavy atom. The van der Waals surface area contributed by atoms with E-state index in [0.717, 1.165) is 11.3 Å². The van der Waals surface area contributed by atoms with Crippen LogP contribution >= 0.6 is 0 Å². The number of hydrogen-bond acceptors (Lipinski definition) is 3. The largest absolute Gasteiger partial charge is 0.497 e. The molecule has 4 nitrogen and oxygen atoms in total. The molecule has 4 heteroatoms. The SMILES string of the molecule is COc1ccc([C@@H](C)NC(=O)C(C)(C)CN)cc1. The van der Waals surface area contributed by atoms with Crippen LogP contribution in [0.1, 0.15) is 32.4 Å². The molecule has 0 aromatic heterocycles. The van der Waals surface area contributed by atoms with E-state index in [9.17, 15) is 4.79 Å². The van der Waals surface area contributed by atoms with Gasteiger partial charge in [-0.05, 0) is 38.5 Å². The lowest BCUT2D eigenvalue weighted by Crippen LogP contribution is -2.42. The van der Waals surface area contributed by atoms with Crippen molar-refractivity contribution in [3.8, 4) is 5.75 Å². The summed E-state index contributed by atoms with van der Waals surface area (Å²) in [6.07, 6.45) is 0. The van der Waals surface area contributed by atoms with Crippen LogP contribution in [0, 0.1) is 5.41 Å². The smallest absolute Gasteiger partial charge is 0.227 e. The monoisotopic (exact) mass is 250 g/mol. The molecule has 0 aliphatic heterocycles. The third kappa shape index (κ3) is 3.47. The van der Waals surface area contributed by atoms with Gasteiger partial charge in [-0.3, -0.25) is 4.79 Å². The lowest BCUT2D eigenvalue weighted by molar-refractivity contribution is -0.129. The molecule has 0 unspecified atom stereocenters. The van der Waals surface area contributed by atoms with Crippen LogP contribution in [0.3, 0.4) is 0 Å². The summed E-state index contributed by atoms with van der Waals surface area (Å²) in [5.41, 5.74) is 6.08. The highest BCUT2D eigenvalue weighted by molar-refractivity contribution is 5.82. The van der Waals surface area contributed by atoms with Crippen LogP contribution in [-0.2, 0) is 4.79 Å². The summed E-state index contributed by atoms with van der Waals surface area (Å²) in [6, 6.07) is 7.60. The molecule has 1 atom stereocenters. The van der Waals surface area contributed by atoms with Gasteiger partial charge in [-0.2, -0.15) is 0 Å². The molecule has 1 aromatic rings. The number of nitrogens with two attached hydrogens (primary N) is 1. The Morgan fingerprint density at radius 3 is 2.39 bits per heavy atom. The third-order valence-corrected chi connectivity index (χ3v) is 3.09. The summed E-state index contributed by atoms with van der Waals surface area (Å²) in [7, 11) is 1.63. The molecule has 0 spiro atoms. The first kappa shape index (κ1) is 14.5. The van der Waals surface area contributed by atoms with Gasteiger partial charge in [-0.25, -0.2) is 0 Å².